The number of hydrazine groups is 2. The molecule has 2 aromatic heterocycles. The van der Waals surface area contributed by atoms with Gasteiger partial charge in [-0.25, -0.2) is 0 Å². The monoisotopic (exact) mass is 570 g/mol. The summed E-state index contributed by atoms with van der Waals surface area (Å²) in [6, 6.07) is 8.41. The second kappa shape index (κ2) is 8.98. The minimum atomic E-state index is -1.04. The maximum absolute atomic E-state index is 13.3. The Hall–Kier alpha value is -6.58. The number of amides is 6. The summed E-state index contributed by atoms with van der Waals surface area (Å²) in [6.45, 7) is 0. The lowest BCUT2D eigenvalue weighted by Crippen LogP contribution is -2.53. The highest BCUT2D eigenvalue weighted by atomic mass is 16.3. The predicted octanol–water partition coefficient (Wildman–Crippen LogP) is 0.334. The molecule has 2 aliphatic rings. The predicted molar refractivity (Wildman–Crippen MR) is 135 cm³/mol. The maximum Gasteiger partial charge on any atom is 0.280 e. The minimum absolute atomic E-state index is 0.0265. The van der Waals surface area contributed by atoms with Crippen LogP contribution < -0.4 is 10.9 Å². The van der Waals surface area contributed by atoms with Crippen LogP contribution in [0.1, 0.15) is 62.1 Å². The van der Waals surface area contributed by atoms with Crippen molar-refractivity contribution in [3.8, 4) is 23.5 Å². The molecule has 0 atom stereocenters. The molecule has 0 aliphatic carbocycles. The zero-order valence-electron chi connectivity index (χ0n) is 20.6. The fourth-order valence-electron chi connectivity index (χ4n) is 4.68. The van der Waals surface area contributed by atoms with Gasteiger partial charge >= 0.3 is 0 Å². The number of nitrogens with zero attached hydrogens (tertiary/aromatic N) is 4. The van der Waals surface area contributed by atoms with Gasteiger partial charge in [0, 0.05) is 35.0 Å². The van der Waals surface area contributed by atoms with Crippen molar-refractivity contribution in [3.05, 3.63) is 81.9 Å². The lowest BCUT2D eigenvalue weighted by atomic mass is 9.86. The summed E-state index contributed by atoms with van der Waals surface area (Å²) < 4.78 is 0. The van der Waals surface area contributed by atoms with Gasteiger partial charge in [-0.3, -0.25) is 39.6 Å². The molecule has 208 valence electrons. The normalized spacial score (nSPS) is 13.9. The molecule has 0 unspecified atom stereocenters. The molecular weight excluding hydrogens is 556 g/mol. The highest BCUT2D eigenvalue weighted by Crippen LogP contribution is 2.37. The van der Waals surface area contributed by atoms with E-state index in [0.717, 1.165) is 24.3 Å². The third kappa shape index (κ3) is 3.86. The van der Waals surface area contributed by atoms with Crippen LogP contribution in [-0.4, -0.2) is 75.9 Å². The van der Waals surface area contributed by atoms with E-state index in [1.54, 1.807) is 0 Å². The molecule has 2 aromatic carbocycles. The van der Waals surface area contributed by atoms with Gasteiger partial charge in [0.25, 0.3) is 35.4 Å². The van der Waals surface area contributed by atoms with E-state index in [9.17, 15) is 49.2 Å². The molecule has 6 rings (SSSR count). The number of imide groups is 2. The van der Waals surface area contributed by atoms with E-state index in [0.29, 0.717) is 10.0 Å². The van der Waals surface area contributed by atoms with Crippen LogP contribution >= 0.6 is 0 Å². The maximum atomic E-state index is 13.3. The number of aromatic nitrogens is 2. The fourth-order valence-corrected chi connectivity index (χ4v) is 4.68. The van der Waals surface area contributed by atoms with Crippen molar-refractivity contribution in [2.75, 3.05) is 0 Å². The van der Waals surface area contributed by atoms with Crippen LogP contribution in [0.2, 0.25) is 0 Å². The van der Waals surface area contributed by atoms with Gasteiger partial charge in [-0.15, -0.1) is 0 Å². The van der Waals surface area contributed by atoms with Gasteiger partial charge < -0.3 is 20.4 Å². The zero-order valence-corrected chi connectivity index (χ0v) is 20.6. The quantitative estimate of drug-likeness (QED) is 0.182. The van der Waals surface area contributed by atoms with Crippen molar-refractivity contribution in [1.29, 1.82) is 0 Å². The summed E-state index contributed by atoms with van der Waals surface area (Å²) in [5.41, 5.74) is 3.07. The standard InChI is InChI=1S/C26H14N6O10/c33-15-5-9(6-16(34)27-15)21(37)29-31-23(39)11-1-2-12-20-14(4-3-13(19(11)20)25(31)41)26(42)32(24(12)40)30-22(38)10-7-17(35)28-18(36)8-10/h1-8H,(H,29,37)(H,30,38)(H2,27,33,34)(H2,28,35,36). The van der Waals surface area contributed by atoms with Gasteiger partial charge in [-0.1, -0.05) is 0 Å². The second-order valence-corrected chi connectivity index (χ2v) is 8.99. The van der Waals surface area contributed by atoms with Crippen molar-refractivity contribution >= 4 is 46.2 Å². The fraction of sp³-hybridized carbons (Fsp3) is 0. The number of aromatic hydroxyl groups is 4. The first kappa shape index (κ1) is 25.7. The first-order chi connectivity index (χ1) is 19.9. The number of nitrogens with one attached hydrogen (secondary N) is 2. The Labute approximate surface area is 232 Å². The summed E-state index contributed by atoms with van der Waals surface area (Å²) in [5.74, 6) is -8.80. The van der Waals surface area contributed by atoms with E-state index in [4.69, 9.17) is 0 Å². The summed E-state index contributed by atoms with van der Waals surface area (Å²) in [4.78, 5) is 85.3. The molecule has 6 N–H and O–H groups in total. The molecule has 16 nitrogen and oxygen atoms in total. The van der Waals surface area contributed by atoms with E-state index in [-0.39, 0.29) is 44.2 Å². The minimum Gasteiger partial charge on any atom is -0.493 e. The van der Waals surface area contributed by atoms with Gasteiger partial charge in [-0.2, -0.15) is 20.0 Å². The Balaban J connectivity index is 1.36. The molecule has 42 heavy (non-hydrogen) atoms. The number of pyridine rings is 2. The molecule has 4 aromatic rings. The van der Waals surface area contributed by atoms with E-state index in [2.05, 4.69) is 20.8 Å². The SMILES string of the molecule is O=C(NN1C(=O)c2ccc3c4c(ccc(c24)C1=O)C(=O)N(NC(=O)c1cc(O)nc(O)c1)C3=O)c1cc(O)nc(O)c1. The third-order valence-electron chi connectivity index (χ3n) is 6.44. The molecule has 0 fully saturated rings. The van der Waals surface area contributed by atoms with Crippen molar-refractivity contribution < 1.29 is 49.2 Å². The summed E-state index contributed by atoms with van der Waals surface area (Å²) >= 11 is 0. The Morgan fingerprint density at radius 1 is 0.524 bits per heavy atom. The Kier molecular flexibility index (Phi) is 5.49. The van der Waals surface area contributed by atoms with Crippen molar-refractivity contribution in [2.45, 2.75) is 0 Å². The average Bonchev–Trinajstić information content (AvgIpc) is 2.93. The van der Waals surface area contributed by atoms with Crippen molar-refractivity contribution in [2.24, 2.45) is 0 Å². The lowest BCUT2D eigenvalue weighted by molar-refractivity contribution is 0.0467. The highest BCUT2D eigenvalue weighted by Gasteiger charge is 2.41. The van der Waals surface area contributed by atoms with E-state index < -0.39 is 59.0 Å². The molecule has 16 heteroatoms. The summed E-state index contributed by atoms with van der Waals surface area (Å²) in [7, 11) is 0. The number of hydrogen-bond acceptors (Lipinski definition) is 12. The number of hydrogen-bond donors (Lipinski definition) is 6. The van der Waals surface area contributed by atoms with Crippen molar-refractivity contribution in [1.82, 2.24) is 30.8 Å². The molecule has 6 amide bonds. The van der Waals surface area contributed by atoms with Crippen LogP contribution in [0.25, 0.3) is 10.8 Å². The van der Waals surface area contributed by atoms with Gasteiger partial charge in [-0.05, 0) is 24.3 Å². The average molecular weight is 570 g/mol. The van der Waals surface area contributed by atoms with Crippen LogP contribution in [0.15, 0.2) is 48.5 Å². The molecule has 0 saturated carbocycles. The van der Waals surface area contributed by atoms with Crippen LogP contribution in [0, 0.1) is 0 Å². The topological polar surface area (TPSA) is 240 Å². The van der Waals surface area contributed by atoms with E-state index in [1.807, 2.05) is 0 Å². The highest BCUT2D eigenvalue weighted by molar-refractivity contribution is 6.33. The molecule has 0 radical (unpaired) electrons. The second-order valence-electron chi connectivity index (χ2n) is 8.99. The van der Waals surface area contributed by atoms with Crippen LogP contribution in [-0.2, 0) is 0 Å². The van der Waals surface area contributed by atoms with Gasteiger partial charge in [0.2, 0.25) is 23.5 Å². The molecule has 4 heterocycles. The molecule has 2 aliphatic heterocycles. The molecular formula is C26H14N6O10. The first-order valence-corrected chi connectivity index (χ1v) is 11.7. The summed E-state index contributed by atoms with van der Waals surface area (Å²) in [5, 5.41) is 39.0. The van der Waals surface area contributed by atoms with Gasteiger partial charge in [0.05, 0.1) is 33.4 Å². The van der Waals surface area contributed by atoms with E-state index >= 15 is 0 Å². The number of benzene rings is 2. The van der Waals surface area contributed by atoms with Crippen molar-refractivity contribution in [3.63, 3.8) is 0 Å². The lowest BCUT2D eigenvalue weighted by Gasteiger charge is -2.31. The molecule has 0 saturated heterocycles. The Morgan fingerprint density at radius 3 is 1.05 bits per heavy atom. The largest absolute Gasteiger partial charge is 0.493 e. The number of rotatable bonds is 4. The van der Waals surface area contributed by atoms with Crippen LogP contribution in [0.3, 0.4) is 0 Å². The zero-order chi connectivity index (χ0) is 30.0. The number of carbonyl (C=O) groups excluding carboxylic acids is 6. The molecule has 0 bridgehead atoms. The smallest absolute Gasteiger partial charge is 0.280 e. The van der Waals surface area contributed by atoms with Gasteiger partial charge in [0.1, 0.15) is 0 Å². The van der Waals surface area contributed by atoms with E-state index in [1.165, 1.54) is 24.3 Å². The Bertz CT molecular complexity index is 1720. The number of carbonyl (C=O) groups is 6. The first-order valence-electron chi connectivity index (χ1n) is 11.7. The van der Waals surface area contributed by atoms with Gasteiger partial charge in [0.15, 0.2) is 0 Å². The summed E-state index contributed by atoms with van der Waals surface area (Å²) in [6.07, 6.45) is 0. The third-order valence-corrected chi connectivity index (χ3v) is 6.44. The Morgan fingerprint density at radius 2 is 0.786 bits per heavy atom. The van der Waals surface area contributed by atoms with Crippen LogP contribution in [0.4, 0.5) is 0 Å². The van der Waals surface area contributed by atoms with Crippen LogP contribution in [0.5, 0.6) is 23.5 Å². The molecule has 0 spiro atoms.